The number of aryl methyl sites for hydroxylation is 1. The van der Waals surface area contributed by atoms with E-state index in [1.807, 2.05) is 6.92 Å². The standard InChI is InChI=1S/C22H30N4OS/c1-13(2)17-6-8-18(9-7-17)19(25-11-14(3)10-15(4)12-25)20-21(27)26-22(28-20)23-16(5)24-26/h6-9,13-15,19,27H,10-12H2,1-5H3/p+1/t14-,15+,19-/m1/s1. The Hall–Kier alpha value is -1.92. The Morgan fingerprint density at radius 1 is 1.11 bits per heavy atom. The number of aromatic nitrogens is 3. The van der Waals surface area contributed by atoms with Crippen LogP contribution < -0.4 is 4.90 Å². The van der Waals surface area contributed by atoms with Gasteiger partial charge in [-0.1, -0.05) is 63.3 Å². The number of aromatic hydroxyl groups is 1. The van der Waals surface area contributed by atoms with Crippen molar-refractivity contribution in [3.05, 3.63) is 46.1 Å². The summed E-state index contributed by atoms with van der Waals surface area (Å²) in [6.07, 6.45) is 1.28. The highest BCUT2D eigenvalue weighted by Crippen LogP contribution is 2.36. The van der Waals surface area contributed by atoms with Crippen LogP contribution >= 0.6 is 11.3 Å². The monoisotopic (exact) mass is 399 g/mol. The highest BCUT2D eigenvalue weighted by atomic mass is 32.1. The molecule has 0 bridgehead atoms. The summed E-state index contributed by atoms with van der Waals surface area (Å²) in [6, 6.07) is 9.08. The molecule has 1 unspecified atom stereocenters. The molecular formula is C22H31N4OS+. The highest BCUT2D eigenvalue weighted by molar-refractivity contribution is 7.17. The first-order chi connectivity index (χ1) is 13.3. The zero-order valence-corrected chi connectivity index (χ0v) is 18.3. The van der Waals surface area contributed by atoms with Gasteiger partial charge in [-0.3, -0.25) is 0 Å². The number of nitrogens with zero attached hydrogens (tertiary/aromatic N) is 3. The van der Waals surface area contributed by atoms with Crippen molar-refractivity contribution in [2.75, 3.05) is 13.1 Å². The van der Waals surface area contributed by atoms with Crippen LogP contribution in [-0.2, 0) is 0 Å². The number of fused-ring (bicyclic) bond motifs is 1. The lowest BCUT2D eigenvalue weighted by atomic mass is 9.89. The molecule has 0 aliphatic carbocycles. The van der Waals surface area contributed by atoms with Crippen molar-refractivity contribution in [1.29, 1.82) is 0 Å². The molecule has 28 heavy (non-hydrogen) atoms. The summed E-state index contributed by atoms with van der Waals surface area (Å²) >= 11 is 1.57. The smallest absolute Gasteiger partial charge is 0.235 e. The van der Waals surface area contributed by atoms with Crippen LogP contribution in [0.15, 0.2) is 24.3 Å². The molecule has 150 valence electrons. The first kappa shape index (κ1) is 19.4. The van der Waals surface area contributed by atoms with E-state index in [4.69, 9.17) is 0 Å². The quantitative estimate of drug-likeness (QED) is 0.705. The number of hydrogen-bond donors (Lipinski definition) is 2. The minimum atomic E-state index is 0.111. The summed E-state index contributed by atoms with van der Waals surface area (Å²) in [4.78, 5) is 7.76. The van der Waals surface area contributed by atoms with Gasteiger partial charge in [0.1, 0.15) is 10.7 Å². The van der Waals surface area contributed by atoms with Crippen LogP contribution in [0, 0.1) is 18.8 Å². The van der Waals surface area contributed by atoms with E-state index in [0.29, 0.717) is 23.6 Å². The second kappa shape index (κ2) is 7.48. The van der Waals surface area contributed by atoms with Gasteiger partial charge in [0.25, 0.3) is 0 Å². The van der Waals surface area contributed by atoms with Gasteiger partial charge in [-0.15, -0.1) is 5.10 Å². The van der Waals surface area contributed by atoms with Crippen molar-refractivity contribution in [3.8, 4) is 5.88 Å². The molecule has 1 aliphatic heterocycles. The number of hydrogen-bond acceptors (Lipinski definition) is 4. The fourth-order valence-electron chi connectivity index (χ4n) is 4.75. The molecule has 0 spiro atoms. The maximum Gasteiger partial charge on any atom is 0.235 e. The fourth-order valence-corrected chi connectivity index (χ4v) is 5.94. The Bertz CT molecular complexity index is 949. The zero-order valence-electron chi connectivity index (χ0n) is 17.4. The highest BCUT2D eigenvalue weighted by Gasteiger charge is 2.37. The zero-order chi connectivity index (χ0) is 20.0. The van der Waals surface area contributed by atoms with Crippen LogP contribution in [0.4, 0.5) is 0 Å². The third-order valence-corrected chi connectivity index (χ3v) is 7.02. The summed E-state index contributed by atoms with van der Waals surface area (Å²) in [6.45, 7) is 13.2. The Labute approximate surface area is 171 Å². The molecule has 4 rings (SSSR count). The van der Waals surface area contributed by atoms with E-state index in [1.54, 1.807) is 15.9 Å². The van der Waals surface area contributed by atoms with Gasteiger partial charge in [0.2, 0.25) is 10.8 Å². The number of nitrogens with one attached hydrogen (secondary N) is 1. The van der Waals surface area contributed by atoms with Crippen LogP contribution in [0.25, 0.3) is 4.96 Å². The second-order valence-corrected chi connectivity index (χ2v) is 9.92. The first-order valence-corrected chi connectivity index (χ1v) is 11.1. The predicted molar refractivity (Wildman–Crippen MR) is 113 cm³/mol. The van der Waals surface area contributed by atoms with Gasteiger partial charge < -0.3 is 10.0 Å². The molecule has 2 aromatic heterocycles. The molecule has 5 nitrogen and oxygen atoms in total. The van der Waals surface area contributed by atoms with E-state index in [0.717, 1.165) is 22.9 Å². The lowest BCUT2D eigenvalue weighted by molar-refractivity contribution is -0.936. The van der Waals surface area contributed by atoms with Gasteiger partial charge in [-0.25, -0.2) is 4.98 Å². The SMILES string of the molecule is Cc1nc2sc([C@@H](c3ccc(C(C)C)cc3)[NH+]3C[C@H](C)C[C@H](C)C3)c(O)n2n1. The number of quaternary nitrogens is 1. The maximum atomic E-state index is 11.0. The number of piperidine rings is 1. The molecule has 3 heterocycles. The van der Waals surface area contributed by atoms with Gasteiger partial charge in [0.15, 0.2) is 6.04 Å². The molecule has 1 aliphatic rings. The molecule has 0 saturated carbocycles. The number of benzene rings is 1. The molecular weight excluding hydrogens is 368 g/mol. The van der Waals surface area contributed by atoms with Crippen molar-refractivity contribution in [1.82, 2.24) is 14.6 Å². The third-order valence-electron chi connectivity index (χ3n) is 5.94. The second-order valence-electron chi connectivity index (χ2n) is 8.91. The number of thiazole rings is 1. The lowest BCUT2D eigenvalue weighted by Gasteiger charge is -2.37. The normalized spacial score (nSPS) is 24.1. The van der Waals surface area contributed by atoms with E-state index >= 15 is 0 Å². The van der Waals surface area contributed by atoms with Crippen molar-refractivity contribution in [3.63, 3.8) is 0 Å². The number of likely N-dealkylation sites (tertiary alicyclic amines) is 1. The largest absolute Gasteiger partial charge is 0.492 e. The van der Waals surface area contributed by atoms with Crippen molar-refractivity contribution in [2.45, 2.75) is 53.0 Å². The van der Waals surface area contributed by atoms with Crippen LogP contribution in [-0.4, -0.2) is 32.8 Å². The fraction of sp³-hybridized carbons (Fsp3) is 0.545. The summed E-state index contributed by atoms with van der Waals surface area (Å²) < 4.78 is 1.60. The van der Waals surface area contributed by atoms with E-state index < -0.39 is 0 Å². The van der Waals surface area contributed by atoms with Gasteiger partial charge in [-0.2, -0.15) is 4.52 Å². The molecule has 1 saturated heterocycles. The average Bonchev–Trinajstić information content (AvgIpc) is 3.13. The van der Waals surface area contributed by atoms with Crippen molar-refractivity contribution in [2.24, 2.45) is 11.8 Å². The average molecular weight is 400 g/mol. The van der Waals surface area contributed by atoms with Crippen LogP contribution in [0.3, 0.4) is 0 Å². The predicted octanol–water partition coefficient (Wildman–Crippen LogP) is 3.58. The van der Waals surface area contributed by atoms with E-state index in [9.17, 15) is 5.11 Å². The Morgan fingerprint density at radius 2 is 1.71 bits per heavy atom. The van der Waals surface area contributed by atoms with E-state index in [1.165, 1.54) is 22.4 Å². The summed E-state index contributed by atoms with van der Waals surface area (Å²) in [5.41, 5.74) is 2.61. The first-order valence-electron chi connectivity index (χ1n) is 10.3. The molecule has 1 aromatic carbocycles. The van der Waals surface area contributed by atoms with Gasteiger partial charge in [0, 0.05) is 17.4 Å². The van der Waals surface area contributed by atoms with Gasteiger partial charge >= 0.3 is 0 Å². The molecule has 4 atom stereocenters. The minimum absolute atomic E-state index is 0.111. The van der Waals surface area contributed by atoms with E-state index in [2.05, 4.69) is 62.0 Å². The van der Waals surface area contributed by atoms with Crippen LogP contribution in [0.5, 0.6) is 5.88 Å². The third kappa shape index (κ3) is 3.55. The summed E-state index contributed by atoms with van der Waals surface area (Å²) in [5, 5.41) is 15.4. The topological polar surface area (TPSA) is 54.9 Å². The molecule has 3 aromatic rings. The van der Waals surface area contributed by atoms with Gasteiger partial charge in [0.05, 0.1) is 13.1 Å². The molecule has 1 fully saturated rings. The number of rotatable bonds is 4. The Morgan fingerprint density at radius 3 is 2.29 bits per heavy atom. The van der Waals surface area contributed by atoms with Gasteiger partial charge in [-0.05, 0) is 24.8 Å². The van der Waals surface area contributed by atoms with Crippen molar-refractivity contribution < 1.29 is 10.0 Å². The van der Waals surface area contributed by atoms with E-state index in [-0.39, 0.29) is 11.9 Å². The molecule has 6 heteroatoms. The Kier molecular flexibility index (Phi) is 5.19. The minimum Gasteiger partial charge on any atom is -0.492 e. The molecule has 2 N–H and O–H groups in total. The Balaban J connectivity index is 1.80. The van der Waals surface area contributed by atoms with Crippen molar-refractivity contribution >= 4 is 16.3 Å². The lowest BCUT2D eigenvalue weighted by Crippen LogP contribution is -3.14. The summed E-state index contributed by atoms with van der Waals surface area (Å²) in [5.74, 6) is 2.82. The van der Waals surface area contributed by atoms with Crippen LogP contribution in [0.2, 0.25) is 0 Å². The molecule has 0 amide bonds. The molecule has 0 radical (unpaired) electrons. The van der Waals surface area contributed by atoms with Crippen LogP contribution in [0.1, 0.15) is 67.9 Å². The maximum absolute atomic E-state index is 11.0. The summed E-state index contributed by atoms with van der Waals surface area (Å²) in [7, 11) is 0.